The average Bonchev–Trinajstić information content (AvgIpc) is 3.34. The van der Waals surface area contributed by atoms with Crippen molar-refractivity contribution >= 4 is 17.4 Å². The molecule has 0 bridgehead atoms. The van der Waals surface area contributed by atoms with Gasteiger partial charge in [0, 0.05) is 44.0 Å². The van der Waals surface area contributed by atoms with Gasteiger partial charge in [-0.2, -0.15) is 4.98 Å². The Labute approximate surface area is 161 Å². The first-order valence-electron chi connectivity index (χ1n) is 10.0. The fourth-order valence-electron chi connectivity index (χ4n) is 4.90. The van der Waals surface area contributed by atoms with Crippen LogP contribution in [0, 0.1) is 6.92 Å². The van der Waals surface area contributed by atoms with E-state index in [0.29, 0.717) is 17.6 Å². The number of benzene rings is 1. The Bertz CT molecular complexity index is 816. The molecule has 2 aliphatic rings. The molecule has 0 saturated carbocycles. The van der Waals surface area contributed by atoms with E-state index >= 15 is 0 Å². The maximum Gasteiger partial charge on any atom is 0.255 e. The fourth-order valence-corrected chi connectivity index (χ4v) is 4.90. The zero-order valence-corrected chi connectivity index (χ0v) is 16.2. The number of likely N-dealkylation sites (tertiary alicyclic amines) is 1. The lowest BCUT2D eigenvalue weighted by molar-refractivity contribution is 0.102. The Morgan fingerprint density at radius 3 is 2.63 bits per heavy atom. The van der Waals surface area contributed by atoms with E-state index in [1.165, 1.54) is 19.3 Å². The third-order valence-electron chi connectivity index (χ3n) is 6.40. The van der Waals surface area contributed by atoms with Crippen LogP contribution in [-0.2, 0) is 0 Å². The number of aryl methyl sites for hydroxylation is 1. The van der Waals surface area contributed by atoms with Gasteiger partial charge in [-0.3, -0.25) is 9.28 Å². The van der Waals surface area contributed by atoms with E-state index in [1.54, 1.807) is 0 Å². The van der Waals surface area contributed by atoms with Crippen molar-refractivity contribution in [1.29, 1.82) is 0 Å². The molecule has 5 nitrogen and oxygen atoms in total. The van der Waals surface area contributed by atoms with Crippen LogP contribution in [0.2, 0.25) is 0 Å². The maximum atomic E-state index is 12.5. The van der Waals surface area contributed by atoms with E-state index < -0.39 is 0 Å². The molecule has 0 radical (unpaired) electrons. The standard InChI is InChI=1S/C22H28N4O/c1-16-7-6-14-26(16,19-12-13-23-15-19)21-11-10-20(17(2)24-21)25-22(27)18-8-4-3-5-9-18/h3-5,8-11,16,19,23H,6-7,12-15H2,1-2H3/p+1/t16-,19-,26?/m0/s1. The van der Waals surface area contributed by atoms with Gasteiger partial charge in [0.15, 0.2) is 0 Å². The molecule has 4 rings (SSSR count). The van der Waals surface area contributed by atoms with Crippen molar-refractivity contribution in [3.63, 3.8) is 0 Å². The minimum atomic E-state index is -0.0910. The van der Waals surface area contributed by atoms with Gasteiger partial charge in [-0.15, -0.1) is 0 Å². The predicted octanol–water partition coefficient (Wildman–Crippen LogP) is 3.49. The lowest BCUT2D eigenvalue weighted by atomic mass is 10.1. The number of anilines is 1. The molecule has 0 spiro atoms. The number of nitrogens with zero attached hydrogens (tertiary/aromatic N) is 2. The summed E-state index contributed by atoms with van der Waals surface area (Å²) in [7, 11) is 0. The van der Waals surface area contributed by atoms with Gasteiger partial charge in [-0.1, -0.05) is 18.2 Å². The second-order valence-corrected chi connectivity index (χ2v) is 7.91. The normalized spacial score (nSPS) is 27.6. The van der Waals surface area contributed by atoms with Gasteiger partial charge in [0.25, 0.3) is 5.91 Å². The van der Waals surface area contributed by atoms with Crippen molar-refractivity contribution in [3.05, 3.63) is 53.7 Å². The molecule has 3 atom stereocenters. The predicted molar refractivity (Wildman–Crippen MR) is 110 cm³/mol. The molecule has 2 fully saturated rings. The fraction of sp³-hybridized carbons (Fsp3) is 0.455. The Hall–Kier alpha value is -2.24. The number of carbonyl (C=O) groups excluding carboxylic acids is 1. The summed E-state index contributed by atoms with van der Waals surface area (Å²) in [5.41, 5.74) is 2.34. The van der Waals surface area contributed by atoms with Crippen LogP contribution in [0.1, 0.15) is 42.2 Å². The molecule has 1 amide bonds. The van der Waals surface area contributed by atoms with Crippen molar-refractivity contribution in [2.75, 3.05) is 25.0 Å². The number of amides is 1. The first-order chi connectivity index (χ1) is 13.1. The van der Waals surface area contributed by atoms with Crippen LogP contribution in [0.15, 0.2) is 42.5 Å². The van der Waals surface area contributed by atoms with Gasteiger partial charge in [0.1, 0.15) is 6.04 Å². The van der Waals surface area contributed by atoms with Crippen molar-refractivity contribution in [2.45, 2.75) is 45.2 Å². The third kappa shape index (κ3) is 3.26. The quantitative estimate of drug-likeness (QED) is 0.816. The molecule has 5 heteroatoms. The van der Waals surface area contributed by atoms with Gasteiger partial charge < -0.3 is 10.6 Å². The molecule has 2 saturated heterocycles. The summed E-state index contributed by atoms with van der Waals surface area (Å²) in [6.45, 7) is 7.69. The zero-order valence-electron chi connectivity index (χ0n) is 16.2. The van der Waals surface area contributed by atoms with Crippen LogP contribution in [0.4, 0.5) is 11.5 Å². The number of nitrogens with one attached hydrogen (secondary N) is 2. The molecule has 1 aromatic carbocycles. The second-order valence-electron chi connectivity index (χ2n) is 7.91. The highest BCUT2D eigenvalue weighted by Gasteiger charge is 2.49. The van der Waals surface area contributed by atoms with Crippen LogP contribution in [0.5, 0.6) is 0 Å². The van der Waals surface area contributed by atoms with E-state index in [4.69, 9.17) is 4.98 Å². The monoisotopic (exact) mass is 365 g/mol. The Balaban J connectivity index is 1.61. The molecular weight excluding hydrogens is 336 g/mol. The topological polar surface area (TPSA) is 54.0 Å². The van der Waals surface area contributed by atoms with Gasteiger partial charge >= 0.3 is 0 Å². The SMILES string of the molecule is Cc1nc([N+]2([C@H]3CCNC3)CCC[C@@H]2C)ccc1NC(=O)c1ccccc1. The van der Waals surface area contributed by atoms with Crippen molar-refractivity contribution in [3.8, 4) is 0 Å². The van der Waals surface area contributed by atoms with Crippen molar-refractivity contribution in [1.82, 2.24) is 14.8 Å². The van der Waals surface area contributed by atoms with Gasteiger partial charge in [0.2, 0.25) is 5.82 Å². The number of aromatic nitrogens is 1. The van der Waals surface area contributed by atoms with Crippen LogP contribution in [-0.4, -0.2) is 42.6 Å². The van der Waals surface area contributed by atoms with E-state index in [9.17, 15) is 4.79 Å². The van der Waals surface area contributed by atoms with Crippen molar-refractivity contribution < 1.29 is 4.79 Å². The summed E-state index contributed by atoms with van der Waals surface area (Å²) < 4.78 is 0.987. The summed E-state index contributed by atoms with van der Waals surface area (Å²) in [5, 5.41) is 6.55. The summed E-state index contributed by atoms with van der Waals surface area (Å²) >= 11 is 0. The smallest absolute Gasteiger partial charge is 0.255 e. The number of rotatable bonds is 4. The minimum absolute atomic E-state index is 0.0910. The summed E-state index contributed by atoms with van der Waals surface area (Å²) in [6, 6.07) is 14.7. The Morgan fingerprint density at radius 1 is 1.19 bits per heavy atom. The van der Waals surface area contributed by atoms with E-state index in [1.807, 2.05) is 43.3 Å². The van der Waals surface area contributed by atoms with Crippen molar-refractivity contribution in [2.24, 2.45) is 0 Å². The number of carbonyl (C=O) groups is 1. The Kier molecular flexibility index (Phi) is 4.98. The molecule has 27 heavy (non-hydrogen) atoms. The average molecular weight is 366 g/mol. The highest BCUT2D eigenvalue weighted by Crippen LogP contribution is 2.38. The molecule has 2 N–H and O–H groups in total. The van der Waals surface area contributed by atoms with Crippen LogP contribution in [0.25, 0.3) is 0 Å². The first-order valence-corrected chi connectivity index (χ1v) is 10.0. The number of hydrogen-bond donors (Lipinski definition) is 2. The molecule has 0 aliphatic carbocycles. The van der Waals surface area contributed by atoms with Crippen LogP contribution >= 0.6 is 0 Å². The minimum Gasteiger partial charge on any atom is -0.320 e. The number of pyridine rings is 1. The van der Waals surface area contributed by atoms with Gasteiger partial charge in [0.05, 0.1) is 24.0 Å². The first kappa shape index (κ1) is 18.1. The lowest BCUT2D eigenvalue weighted by Gasteiger charge is -2.42. The molecule has 1 aromatic heterocycles. The van der Waals surface area contributed by atoms with Gasteiger partial charge in [-0.25, -0.2) is 0 Å². The molecule has 142 valence electrons. The highest BCUT2D eigenvalue weighted by atomic mass is 16.1. The second kappa shape index (κ2) is 7.41. The van der Waals surface area contributed by atoms with Crippen LogP contribution in [0.3, 0.4) is 0 Å². The Morgan fingerprint density at radius 2 is 2.00 bits per heavy atom. The third-order valence-corrected chi connectivity index (χ3v) is 6.40. The lowest BCUT2D eigenvalue weighted by Crippen LogP contribution is -2.60. The van der Waals surface area contributed by atoms with E-state index in [-0.39, 0.29) is 5.91 Å². The van der Waals surface area contributed by atoms with Crippen LogP contribution < -0.4 is 15.1 Å². The number of hydrogen-bond acceptors (Lipinski definition) is 3. The summed E-state index contributed by atoms with van der Waals surface area (Å²) in [5.74, 6) is 1.07. The largest absolute Gasteiger partial charge is 0.320 e. The molecular formula is C22H29N4O+. The number of quaternary nitrogens is 1. The maximum absolute atomic E-state index is 12.5. The van der Waals surface area contributed by atoms with E-state index in [0.717, 1.165) is 41.3 Å². The van der Waals surface area contributed by atoms with Gasteiger partial charge in [-0.05, 0) is 32.0 Å². The zero-order chi connectivity index (χ0) is 18.9. The highest BCUT2D eigenvalue weighted by molar-refractivity contribution is 6.04. The summed E-state index contributed by atoms with van der Waals surface area (Å²) in [6.07, 6.45) is 3.71. The molecule has 1 unspecified atom stereocenters. The molecule has 3 heterocycles. The van der Waals surface area contributed by atoms with E-state index in [2.05, 4.69) is 23.6 Å². The molecule has 2 aromatic rings. The molecule has 2 aliphatic heterocycles. The summed E-state index contributed by atoms with van der Waals surface area (Å²) in [4.78, 5) is 17.5.